The summed E-state index contributed by atoms with van der Waals surface area (Å²) in [5.74, 6) is -1.08. The molecule has 2 aromatic carbocycles. The average Bonchev–Trinajstić information content (AvgIpc) is 2.59. The normalized spacial score (nSPS) is 17.2. The first-order valence-electron chi connectivity index (χ1n) is 6.79. The Kier molecular flexibility index (Phi) is 3.50. The second kappa shape index (κ2) is 5.48. The van der Waals surface area contributed by atoms with Crippen LogP contribution in [0.2, 0.25) is 0 Å². The molecule has 4 N–H and O–H groups in total. The van der Waals surface area contributed by atoms with Crippen molar-refractivity contribution in [2.45, 2.75) is 12.5 Å². The molecule has 1 aliphatic heterocycles. The van der Waals surface area contributed by atoms with Gasteiger partial charge < -0.3 is 16.4 Å². The minimum Gasteiger partial charge on any atom is -0.398 e. The highest BCUT2D eigenvalue weighted by Gasteiger charge is 2.29. The summed E-state index contributed by atoms with van der Waals surface area (Å²) in [7, 11) is 0. The Bertz CT molecular complexity index is 744. The molecule has 0 spiro atoms. The molecule has 0 aromatic heterocycles. The van der Waals surface area contributed by atoms with Crippen LogP contribution in [0.15, 0.2) is 42.5 Å². The molecule has 5 nitrogen and oxygen atoms in total. The first-order chi connectivity index (χ1) is 10.5. The fraction of sp³-hybridized carbons (Fsp3) is 0.125. The summed E-state index contributed by atoms with van der Waals surface area (Å²) >= 11 is 0. The van der Waals surface area contributed by atoms with E-state index in [4.69, 9.17) is 5.73 Å². The number of halogens is 1. The molecule has 0 saturated heterocycles. The van der Waals surface area contributed by atoms with Gasteiger partial charge in [0, 0.05) is 12.1 Å². The highest BCUT2D eigenvalue weighted by molar-refractivity contribution is 6.12. The number of nitrogens with one attached hydrogen (secondary N) is 2. The minimum absolute atomic E-state index is 0.262. The molecule has 0 saturated carbocycles. The Hall–Kier alpha value is -2.89. The topological polar surface area (TPSA) is 84.2 Å². The van der Waals surface area contributed by atoms with Crippen molar-refractivity contribution in [3.8, 4) is 0 Å². The van der Waals surface area contributed by atoms with Crippen LogP contribution >= 0.6 is 0 Å². The summed E-state index contributed by atoms with van der Waals surface area (Å²) in [6.07, 6.45) is 0.270. The van der Waals surface area contributed by atoms with Gasteiger partial charge in [-0.2, -0.15) is 0 Å². The quantitative estimate of drug-likeness (QED) is 0.738. The van der Waals surface area contributed by atoms with Crippen LogP contribution in [-0.4, -0.2) is 17.9 Å². The van der Waals surface area contributed by atoms with Gasteiger partial charge >= 0.3 is 0 Å². The van der Waals surface area contributed by atoms with Crippen LogP contribution in [0.5, 0.6) is 0 Å². The summed E-state index contributed by atoms with van der Waals surface area (Å²) in [5, 5.41) is 5.36. The van der Waals surface area contributed by atoms with Gasteiger partial charge in [-0.25, -0.2) is 4.39 Å². The molecule has 6 heteroatoms. The molecule has 2 aromatic rings. The van der Waals surface area contributed by atoms with Crippen LogP contribution in [0.1, 0.15) is 15.9 Å². The van der Waals surface area contributed by atoms with E-state index in [0.29, 0.717) is 11.4 Å². The lowest BCUT2D eigenvalue weighted by Gasteiger charge is -2.14. The highest BCUT2D eigenvalue weighted by atomic mass is 19.1. The van der Waals surface area contributed by atoms with Gasteiger partial charge in [0.15, 0.2) is 0 Å². The van der Waals surface area contributed by atoms with Gasteiger partial charge in [-0.15, -0.1) is 0 Å². The second-order valence-electron chi connectivity index (χ2n) is 5.12. The third-order valence-corrected chi connectivity index (χ3v) is 3.56. The number of anilines is 2. The van der Waals surface area contributed by atoms with Crippen molar-refractivity contribution in [3.63, 3.8) is 0 Å². The molecule has 2 amide bonds. The maximum absolute atomic E-state index is 12.9. The molecule has 1 aliphatic rings. The molecule has 112 valence electrons. The third-order valence-electron chi connectivity index (χ3n) is 3.56. The summed E-state index contributed by atoms with van der Waals surface area (Å²) in [6, 6.07) is 9.96. The minimum atomic E-state index is -0.746. The first kappa shape index (κ1) is 14.1. The van der Waals surface area contributed by atoms with Gasteiger partial charge in [0.1, 0.15) is 11.9 Å². The van der Waals surface area contributed by atoms with E-state index in [0.717, 1.165) is 5.56 Å². The first-order valence-corrected chi connectivity index (χ1v) is 6.79. The van der Waals surface area contributed by atoms with Gasteiger partial charge in [0.2, 0.25) is 5.91 Å². The largest absolute Gasteiger partial charge is 0.398 e. The zero-order valence-electron chi connectivity index (χ0n) is 11.6. The van der Waals surface area contributed by atoms with Gasteiger partial charge in [0.25, 0.3) is 5.91 Å². The molecule has 3 rings (SSSR count). The number of hydrogen-bond acceptors (Lipinski definition) is 3. The predicted octanol–water partition coefficient (Wildman–Crippen LogP) is 1.70. The van der Waals surface area contributed by atoms with E-state index in [9.17, 15) is 14.0 Å². The summed E-state index contributed by atoms with van der Waals surface area (Å²) < 4.78 is 12.9. The number of carbonyl (C=O) groups is 2. The SMILES string of the molecule is Nc1cccc2c1C(=O)N[C@@H](Cc1ccc(F)cc1)C(=O)N2. The molecule has 0 radical (unpaired) electrons. The molecular formula is C16H14FN3O2. The number of carbonyl (C=O) groups excluding carboxylic acids is 2. The number of fused-ring (bicyclic) bond motifs is 1. The average molecular weight is 299 g/mol. The highest BCUT2D eigenvalue weighted by Crippen LogP contribution is 2.24. The van der Waals surface area contributed by atoms with Crippen molar-refractivity contribution in [2.75, 3.05) is 11.1 Å². The maximum Gasteiger partial charge on any atom is 0.256 e. The number of amides is 2. The standard InChI is InChI=1S/C16H14FN3O2/c17-10-6-4-9(5-7-10)8-13-15(21)19-12-3-1-2-11(18)14(12)16(22)20-13/h1-7,13H,8,18H2,(H,19,21)(H,20,22)/t13-/m0/s1. The molecule has 1 heterocycles. The zero-order chi connectivity index (χ0) is 15.7. The Balaban J connectivity index is 1.87. The smallest absolute Gasteiger partial charge is 0.256 e. The number of benzene rings is 2. The molecule has 0 unspecified atom stereocenters. The lowest BCUT2D eigenvalue weighted by Crippen LogP contribution is -2.42. The fourth-order valence-corrected chi connectivity index (χ4v) is 2.44. The lowest BCUT2D eigenvalue weighted by atomic mass is 10.1. The van der Waals surface area contributed by atoms with Crippen LogP contribution in [0.4, 0.5) is 15.8 Å². The Morgan fingerprint density at radius 3 is 2.55 bits per heavy atom. The molecule has 1 atom stereocenters. The van der Waals surface area contributed by atoms with E-state index in [1.807, 2.05) is 0 Å². The lowest BCUT2D eigenvalue weighted by molar-refractivity contribution is -0.117. The molecule has 0 fully saturated rings. The zero-order valence-corrected chi connectivity index (χ0v) is 11.6. The van der Waals surface area contributed by atoms with Crippen molar-refractivity contribution in [2.24, 2.45) is 0 Å². The van der Waals surface area contributed by atoms with Gasteiger partial charge in [-0.3, -0.25) is 9.59 Å². The molecule has 22 heavy (non-hydrogen) atoms. The van der Waals surface area contributed by atoms with Crippen molar-refractivity contribution in [1.29, 1.82) is 0 Å². The van der Waals surface area contributed by atoms with E-state index >= 15 is 0 Å². The van der Waals surface area contributed by atoms with Crippen molar-refractivity contribution in [3.05, 3.63) is 59.4 Å². The molecule has 0 aliphatic carbocycles. The van der Waals surface area contributed by atoms with Crippen molar-refractivity contribution < 1.29 is 14.0 Å². The van der Waals surface area contributed by atoms with Crippen LogP contribution in [0.3, 0.4) is 0 Å². The van der Waals surface area contributed by atoms with Gasteiger partial charge in [-0.05, 0) is 29.8 Å². The second-order valence-corrected chi connectivity index (χ2v) is 5.12. The summed E-state index contributed by atoms with van der Waals surface area (Å²) in [5.41, 5.74) is 7.52. The van der Waals surface area contributed by atoms with Crippen molar-refractivity contribution >= 4 is 23.2 Å². The van der Waals surface area contributed by atoms with E-state index < -0.39 is 11.9 Å². The predicted molar refractivity (Wildman–Crippen MR) is 80.8 cm³/mol. The molecule has 0 bridgehead atoms. The van der Waals surface area contributed by atoms with Crippen LogP contribution < -0.4 is 16.4 Å². The Morgan fingerprint density at radius 2 is 1.82 bits per heavy atom. The van der Waals surface area contributed by atoms with Crippen LogP contribution in [0.25, 0.3) is 0 Å². The van der Waals surface area contributed by atoms with Gasteiger partial charge in [-0.1, -0.05) is 18.2 Å². The van der Waals surface area contributed by atoms with Crippen LogP contribution in [0, 0.1) is 5.82 Å². The van der Waals surface area contributed by atoms with Crippen molar-refractivity contribution in [1.82, 2.24) is 5.32 Å². The maximum atomic E-state index is 12.9. The third kappa shape index (κ3) is 2.63. The Morgan fingerprint density at radius 1 is 1.09 bits per heavy atom. The van der Waals surface area contributed by atoms with E-state index in [-0.39, 0.29) is 23.7 Å². The van der Waals surface area contributed by atoms with Crippen LogP contribution in [-0.2, 0) is 11.2 Å². The monoisotopic (exact) mass is 299 g/mol. The fourth-order valence-electron chi connectivity index (χ4n) is 2.44. The summed E-state index contributed by atoms with van der Waals surface area (Å²) in [6.45, 7) is 0. The number of nitrogen functional groups attached to an aromatic ring is 1. The van der Waals surface area contributed by atoms with E-state index in [1.54, 1.807) is 30.3 Å². The molecular weight excluding hydrogens is 285 g/mol. The number of nitrogens with two attached hydrogens (primary N) is 1. The van der Waals surface area contributed by atoms with E-state index in [2.05, 4.69) is 10.6 Å². The Labute approximate surface area is 126 Å². The summed E-state index contributed by atoms with van der Waals surface area (Å²) in [4.78, 5) is 24.5. The van der Waals surface area contributed by atoms with E-state index in [1.165, 1.54) is 12.1 Å². The number of rotatable bonds is 2. The van der Waals surface area contributed by atoms with Gasteiger partial charge in [0.05, 0.1) is 11.3 Å². The number of hydrogen-bond donors (Lipinski definition) is 3.